The summed E-state index contributed by atoms with van der Waals surface area (Å²) < 4.78 is 6.28. The lowest BCUT2D eigenvalue weighted by Crippen LogP contribution is -1.96. The second-order valence-electron chi connectivity index (χ2n) is 4.29. The Bertz CT molecular complexity index is 814. The molecule has 0 unspecified atom stereocenters. The molecule has 1 N–H and O–H groups in total. The number of carboxylic acids is 1. The van der Waals surface area contributed by atoms with Gasteiger partial charge in [0.1, 0.15) is 0 Å². The monoisotopic (exact) mass is 392 g/mol. The highest BCUT2D eigenvalue weighted by Gasteiger charge is 2.13. The molecule has 0 radical (unpaired) electrons. The van der Waals surface area contributed by atoms with E-state index in [1.165, 1.54) is 12.1 Å². The Morgan fingerprint density at radius 1 is 1.14 bits per heavy atom. The predicted octanol–water partition coefficient (Wildman–Crippen LogP) is 3.71. The van der Waals surface area contributed by atoms with E-state index in [1.807, 2.05) is 24.3 Å². The van der Waals surface area contributed by atoms with Crippen molar-refractivity contribution < 1.29 is 14.4 Å². The van der Waals surface area contributed by atoms with Crippen molar-refractivity contribution >= 4 is 28.6 Å². The van der Waals surface area contributed by atoms with Gasteiger partial charge in [0.2, 0.25) is 5.82 Å². The molecule has 104 valence electrons. The van der Waals surface area contributed by atoms with Gasteiger partial charge in [0, 0.05) is 9.13 Å². The SMILES string of the molecule is O=C(O)c1cccc(-c2noc(-c3ccccc3I)n2)c1. The highest BCUT2D eigenvalue weighted by atomic mass is 127. The lowest BCUT2D eigenvalue weighted by Gasteiger charge is -1.97. The third-order valence-electron chi connectivity index (χ3n) is 2.90. The lowest BCUT2D eigenvalue weighted by atomic mass is 10.1. The molecule has 0 saturated heterocycles. The van der Waals surface area contributed by atoms with E-state index in [1.54, 1.807) is 12.1 Å². The first-order valence-electron chi connectivity index (χ1n) is 6.07. The Balaban J connectivity index is 2.01. The number of halogens is 1. The van der Waals surface area contributed by atoms with Gasteiger partial charge < -0.3 is 9.63 Å². The molecule has 1 heterocycles. The maximum Gasteiger partial charge on any atom is 0.335 e. The first kappa shape index (κ1) is 13.7. The summed E-state index contributed by atoms with van der Waals surface area (Å²) in [6.45, 7) is 0. The van der Waals surface area contributed by atoms with Gasteiger partial charge in [-0.05, 0) is 46.9 Å². The molecule has 0 aliphatic heterocycles. The molecule has 0 saturated carbocycles. The molecule has 0 atom stereocenters. The van der Waals surface area contributed by atoms with Gasteiger partial charge in [-0.3, -0.25) is 0 Å². The van der Waals surface area contributed by atoms with Crippen molar-refractivity contribution in [1.29, 1.82) is 0 Å². The van der Waals surface area contributed by atoms with Crippen molar-refractivity contribution in [3.05, 3.63) is 57.7 Å². The number of hydrogen-bond acceptors (Lipinski definition) is 4. The van der Waals surface area contributed by atoms with Gasteiger partial charge in [-0.1, -0.05) is 29.4 Å². The van der Waals surface area contributed by atoms with Gasteiger partial charge in [-0.15, -0.1) is 0 Å². The number of carboxylic acid groups (broad SMARTS) is 1. The van der Waals surface area contributed by atoms with Crippen LogP contribution >= 0.6 is 22.6 Å². The predicted molar refractivity (Wildman–Crippen MR) is 84.8 cm³/mol. The first-order valence-corrected chi connectivity index (χ1v) is 7.15. The molecule has 1 aromatic heterocycles. The zero-order valence-electron chi connectivity index (χ0n) is 10.7. The van der Waals surface area contributed by atoms with Crippen molar-refractivity contribution in [2.24, 2.45) is 0 Å². The summed E-state index contributed by atoms with van der Waals surface area (Å²) >= 11 is 2.20. The maximum absolute atomic E-state index is 11.0. The van der Waals surface area contributed by atoms with Crippen LogP contribution in [0, 0.1) is 3.57 Å². The summed E-state index contributed by atoms with van der Waals surface area (Å²) in [6, 6.07) is 14.1. The molecule has 5 nitrogen and oxygen atoms in total. The Morgan fingerprint density at radius 3 is 2.71 bits per heavy atom. The van der Waals surface area contributed by atoms with Crippen molar-refractivity contribution in [2.45, 2.75) is 0 Å². The topological polar surface area (TPSA) is 76.2 Å². The van der Waals surface area contributed by atoms with E-state index in [9.17, 15) is 4.79 Å². The van der Waals surface area contributed by atoms with Crippen LogP contribution < -0.4 is 0 Å². The number of nitrogens with zero attached hydrogens (tertiary/aromatic N) is 2. The van der Waals surface area contributed by atoms with E-state index in [2.05, 4.69) is 32.7 Å². The minimum Gasteiger partial charge on any atom is -0.478 e. The maximum atomic E-state index is 11.0. The zero-order chi connectivity index (χ0) is 14.8. The summed E-state index contributed by atoms with van der Waals surface area (Å²) in [5, 5.41) is 12.9. The van der Waals surface area contributed by atoms with E-state index in [0.29, 0.717) is 17.3 Å². The normalized spacial score (nSPS) is 10.5. The fraction of sp³-hybridized carbons (Fsp3) is 0. The highest BCUT2D eigenvalue weighted by Crippen LogP contribution is 2.26. The molecular weight excluding hydrogens is 383 g/mol. The lowest BCUT2D eigenvalue weighted by molar-refractivity contribution is 0.0697. The van der Waals surface area contributed by atoms with E-state index < -0.39 is 5.97 Å². The molecule has 0 spiro atoms. The largest absolute Gasteiger partial charge is 0.478 e. The third kappa shape index (κ3) is 2.80. The minimum absolute atomic E-state index is 0.188. The van der Waals surface area contributed by atoms with E-state index >= 15 is 0 Å². The van der Waals surface area contributed by atoms with Crippen molar-refractivity contribution in [2.75, 3.05) is 0 Å². The van der Waals surface area contributed by atoms with Crippen LogP contribution in [-0.4, -0.2) is 21.2 Å². The van der Waals surface area contributed by atoms with E-state index in [-0.39, 0.29) is 5.56 Å². The fourth-order valence-corrected chi connectivity index (χ4v) is 2.49. The zero-order valence-corrected chi connectivity index (χ0v) is 12.8. The van der Waals surface area contributed by atoms with Crippen LogP contribution in [0.4, 0.5) is 0 Å². The molecule has 0 amide bonds. The van der Waals surface area contributed by atoms with Crippen molar-refractivity contribution in [3.63, 3.8) is 0 Å². The van der Waals surface area contributed by atoms with Gasteiger partial charge in [-0.2, -0.15) is 4.98 Å². The van der Waals surface area contributed by atoms with Gasteiger partial charge in [0.15, 0.2) is 0 Å². The molecule has 0 aliphatic carbocycles. The number of aromatic nitrogens is 2. The molecule has 3 rings (SSSR count). The second kappa shape index (κ2) is 5.65. The quantitative estimate of drug-likeness (QED) is 0.688. The molecule has 0 aliphatic rings. The summed E-state index contributed by atoms with van der Waals surface area (Å²) in [4.78, 5) is 15.3. The second-order valence-corrected chi connectivity index (χ2v) is 5.45. The Kier molecular flexibility index (Phi) is 3.70. The van der Waals surface area contributed by atoms with Crippen LogP contribution in [-0.2, 0) is 0 Å². The summed E-state index contributed by atoms with van der Waals surface area (Å²) in [7, 11) is 0. The number of carbonyl (C=O) groups is 1. The standard InChI is InChI=1S/C15H9IN2O3/c16-12-7-2-1-6-11(12)14-17-13(18-21-14)9-4-3-5-10(8-9)15(19)20/h1-8H,(H,19,20). The molecule has 21 heavy (non-hydrogen) atoms. The molecule has 6 heteroatoms. The average molecular weight is 392 g/mol. The first-order chi connectivity index (χ1) is 10.1. The summed E-state index contributed by atoms with van der Waals surface area (Å²) in [6.07, 6.45) is 0. The van der Waals surface area contributed by atoms with Crippen LogP contribution in [0.5, 0.6) is 0 Å². The highest BCUT2D eigenvalue weighted by molar-refractivity contribution is 14.1. The van der Waals surface area contributed by atoms with E-state index in [0.717, 1.165) is 9.13 Å². The number of rotatable bonds is 3. The Morgan fingerprint density at radius 2 is 1.95 bits per heavy atom. The van der Waals surface area contributed by atoms with Crippen LogP contribution in [0.15, 0.2) is 53.1 Å². The average Bonchev–Trinajstić information content (AvgIpc) is 2.97. The number of aromatic carboxylic acids is 1. The third-order valence-corrected chi connectivity index (χ3v) is 3.84. The molecule has 3 aromatic rings. The fourth-order valence-electron chi connectivity index (χ4n) is 1.88. The van der Waals surface area contributed by atoms with Crippen molar-refractivity contribution in [1.82, 2.24) is 10.1 Å². The molecule has 2 aromatic carbocycles. The molecular formula is C15H9IN2O3. The molecule has 0 fully saturated rings. The van der Waals surface area contributed by atoms with Gasteiger partial charge in [0.25, 0.3) is 5.89 Å². The van der Waals surface area contributed by atoms with Crippen LogP contribution in [0.1, 0.15) is 10.4 Å². The Hall–Kier alpha value is -2.22. The van der Waals surface area contributed by atoms with Crippen molar-refractivity contribution in [3.8, 4) is 22.8 Å². The smallest absolute Gasteiger partial charge is 0.335 e. The van der Waals surface area contributed by atoms with E-state index in [4.69, 9.17) is 9.63 Å². The minimum atomic E-state index is -0.988. The number of hydrogen-bond donors (Lipinski definition) is 1. The Labute approximate surface area is 133 Å². The van der Waals surface area contributed by atoms with Crippen LogP contribution in [0.3, 0.4) is 0 Å². The molecule has 0 bridgehead atoms. The number of benzene rings is 2. The summed E-state index contributed by atoms with van der Waals surface area (Å²) in [5.41, 5.74) is 1.65. The van der Waals surface area contributed by atoms with Gasteiger partial charge >= 0.3 is 5.97 Å². The summed E-state index contributed by atoms with van der Waals surface area (Å²) in [5.74, 6) is -0.207. The van der Waals surface area contributed by atoms with Crippen LogP contribution in [0.2, 0.25) is 0 Å². The van der Waals surface area contributed by atoms with Gasteiger partial charge in [-0.25, -0.2) is 4.79 Å². The van der Waals surface area contributed by atoms with Gasteiger partial charge in [0.05, 0.1) is 11.1 Å². The van der Waals surface area contributed by atoms with Crippen LogP contribution in [0.25, 0.3) is 22.8 Å².